The number of nitrogens with one attached hydrogen (secondary N) is 2. The van der Waals surface area contributed by atoms with Crippen LogP contribution in [0.25, 0.3) is 6.08 Å². The van der Waals surface area contributed by atoms with Crippen molar-refractivity contribution in [1.82, 2.24) is 10.6 Å². The highest BCUT2D eigenvalue weighted by Crippen LogP contribution is 2.36. The van der Waals surface area contributed by atoms with Gasteiger partial charge in [0.1, 0.15) is 5.60 Å². The Morgan fingerprint density at radius 3 is 2.79 bits per heavy atom. The van der Waals surface area contributed by atoms with Gasteiger partial charge in [-0.3, -0.25) is 14.9 Å². The zero-order valence-corrected chi connectivity index (χ0v) is 19.0. The minimum atomic E-state index is -0.544. The maximum absolute atomic E-state index is 12.2. The molecule has 1 unspecified atom stereocenters. The van der Waals surface area contributed by atoms with E-state index in [-0.39, 0.29) is 17.2 Å². The molecule has 156 valence electrons. The van der Waals surface area contributed by atoms with E-state index in [4.69, 9.17) is 4.74 Å². The normalized spacial score (nSPS) is 21.3. The largest absolute Gasteiger partial charge is 0.444 e. The van der Waals surface area contributed by atoms with Gasteiger partial charge in [-0.1, -0.05) is 12.1 Å². The van der Waals surface area contributed by atoms with Gasteiger partial charge >= 0.3 is 6.09 Å². The van der Waals surface area contributed by atoms with Gasteiger partial charge in [0.2, 0.25) is 0 Å². The number of rotatable bonds is 3. The fourth-order valence-corrected chi connectivity index (χ4v) is 4.62. The molecule has 2 aliphatic heterocycles. The second kappa shape index (κ2) is 8.79. The lowest BCUT2D eigenvalue weighted by molar-refractivity contribution is -0.115. The number of para-hydroxylation sites is 1. The van der Waals surface area contributed by atoms with Gasteiger partial charge in [0.15, 0.2) is 0 Å². The lowest BCUT2D eigenvalue weighted by Crippen LogP contribution is -2.49. The number of hydrogen-bond donors (Lipinski definition) is 2. The smallest absolute Gasteiger partial charge is 0.407 e. The molecule has 9 heteroatoms. The van der Waals surface area contributed by atoms with Crippen molar-refractivity contribution in [3.8, 4) is 0 Å². The molecule has 2 N–H and O–H groups in total. The molecule has 0 aromatic heterocycles. The molecule has 2 heterocycles. The molecule has 0 aliphatic carbocycles. The third kappa shape index (κ3) is 5.76. The number of benzene rings is 1. The quantitative estimate of drug-likeness (QED) is 0.626. The molecule has 2 saturated heterocycles. The van der Waals surface area contributed by atoms with Crippen LogP contribution in [0, 0.1) is 0 Å². The minimum Gasteiger partial charge on any atom is -0.444 e. The molecular weight excluding hydrogens is 458 g/mol. The average molecular weight is 482 g/mol. The molecular formula is C20H24BrN3O4S. The third-order valence-corrected chi connectivity index (χ3v) is 5.86. The molecule has 1 aromatic rings. The van der Waals surface area contributed by atoms with Gasteiger partial charge in [0, 0.05) is 29.2 Å². The molecule has 0 spiro atoms. The fourth-order valence-electron chi connectivity index (χ4n) is 3.32. The Labute approximate surface area is 182 Å². The molecule has 2 fully saturated rings. The lowest BCUT2D eigenvalue weighted by atomic mass is 10.0. The van der Waals surface area contributed by atoms with Crippen LogP contribution in [0.3, 0.4) is 0 Å². The standard InChI is InChI=1S/C20H24BrN3O4S/c1-20(2,3)28-18(26)22-13-7-5-9-24(11-13)16-12(6-4-8-14(16)21)10-15-17(25)23-19(27)29-15/h4,6,8,10,13H,5,7,9,11H2,1-3H3,(H,22,26)(H,23,25,27)/b15-10-. The molecule has 29 heavy (non-hydrogen) atoms. The highest BCUT2D eigenvalue weighted by Gasteiger charge is 2.28. The van der Waals surface area contributed by atoms with Gasteiger partial charge in [-0.15, -0.1) is 0 Å². The van der Waals surface area contributed by atoms with Crippen molar-refractivity contribution in [3.05, 3.63) is 33.1 Å². The fraction of sp³-hybridized carbons (Fsp3) is 0.450. The Morgan fingerprint density at radius 1 is 1.38 bits per heavy atom. The van der Waals surface area contributed by atoms with E-state index in [1.54, 1.807) is 6.08 Å². The van der Waals surface area contributed by atoms with E-state index in [1.165, 1.54) is 0 Å². The molecule has 0 saturated carbocycles. The summed E-state index contributed by atoms with van der Waals surface area (Å²) in [5.41, 5.74) is 1.23. The van der Waals surface area contributed by atoms with Crippen LogP contribution in [0.2, 0.25) is 0 Å². The van der Waals surface area contributed by atoms with Crippen LogP contribution >= 0.6 is 27.7 Å². The first-order valence-electron chi connectivity index (χ1n) is 9.40. The summed E-state index contributed by atoms with van der Waals surface area (Å²) in [5, 5.41) is 4.87. The Morgan fingerprint density at radius 2 is 2.14 bits per heavy atom. The van der Waals surface area contributed by atoms with Crippen LogP contribution < -0.4 is 15.5 Å². The van der Waals surface area contributed by atoms with Crippen molar-refractivity contribution < 1.29 is 19.1 Å². The van der Waals surface area contributed by atoms with E-state index in [0.717, 1.165) is 46.9 Å². The van der Waals surface area contributed by atoms with Gasteiger partial charge in [-0.25, -0.2) is 4.79 Å². The van der Waals surface area contributed by atoms with E-state index in [2.05, 4.69) is 31.5 Å². The Kier molecular flexibility index (Phi) is 6.58. The molecule has 3 amide bonds. The number of carbonyl (C=O) groups is 3. The number of carbonyl (C=O) groups excluding carboxylic acids is 3. The van der Waals surface area contributed by atoms with Crippen LogP contribution in [0.1, 0.15) is 39.2 Å². The number of halogens is 1. The van der Waals surface area contributed by atoms with Crippen LogP contribution in [0.15, 0.2) is 27.6 Å². The maximum atomic E-state index is 12.2. The predicted octanol–water partition coefficient (Wildman–Crippen LogP) is 4.27. The predicted molar refractivity (Wildman–Crippen MR) is 118 cm³/mol. The van der Waals surface area contributed by atoms with E-state index in [9.17, 15) is 14.4 Å². The molecule has 3 rings (SSSR count). The van der Waals surface area contributed by atoms with Crippen molar-refractivity contribution >= 4 is 56.7 Å². The number of ether oxygens (including phenoxy) is 1. The monoisotopic (exact) mass is 481 g/mol. The summed E-state index contributed by atoms with van der Waals surface area (Å²) in [6.45, 7) is 6.95. The zero-order valence-electron chi connectivity index (χ0n) is 16.6. The number of thioether (sulfide) groups is 1. The van der Waals surface area contributed by atoms with Gasteiger partial charge < -0.3 is 15.0 Å². The van der Waals surface area contributed by atoms with Crippen LogP contribution in [0.4, 0.5) is 15.3 Å². The Hall–Kier alpha value is -2.00. The van der Waals surface area contributed by atoms with Crippen molar-refractivity contribution in [2.75, 3.05) is 18.0 Å². The van der Waals surface area contributed by atoms with Crippen LogP contribution in [-0.4, -0.2) is 42.0 Å². The van der Waals surface area contributed by atoms with Crippen LogP contribution in [0.5, 0.6) is 0 Å². The summed E-state index contributed by atoms with van der Waals surface area (Å²) in [6.07, 6.45) is 3.08. The molecule has 1 atom stereocenters. The summed E-state index contributed by atoms with van der Waals surface area (Å²) in [6, 6.07) is 5.70. The minimum absolute atomic E-state index is 0.0445. The highest BCUT2D eigenvalue weighted by molar-refractivity contribution is 9.10. The van der Waals surface area contributed by atoms with E-state index < -0.39 is 11.7 Å². The third-order valence-electron chi connectivity index (χ3n) is 4.41. The number of imide groups is 1. The summed E-state index contributed by atoms with van der Waals surface area (Å²) < 4.78 is 6.26. The molecule has 1 aromatic carbocycles. The van der Waals surface area contributed by atoms with Gasteiger partial charge in [0.25, 0.3) is 11.1 Å². The molecule has 2 aliphatic rings. The average Bonchev–Trinajstić information content (AvgIpc) is 2.90. The molecule has 0 radical (unpaired) electrons. The summed E-state index contributed by atoms with van der Waals surface area (Å²) in [7, 11) is 0. The van der Waals surface area contributed by atoms with E-state index >= 15 is 0 Å². The summed E-state index contributed by atoms with van der Waals surface area (Å²) in [4.78, 5) is 38.1. The molecule has 0 bridgehead atoms. The highest BCUT2D eigenvalue weighted by atomic mass is 79.9. The summed E-state index contributed by atoms with van der Waals surface area (Å²) in [5.74, 6) is -0.381. The number of hydrogen-bond acceptors (Lipinski definition) is 6. The number of piperidine rings is 1. The van der Waals surface area contributed by atoms with Gasteiger partial charge in [-0.05, 0) is 73.4 Å². The maximum Gasteiger partial charge on any atom is 0.407 e. The van der Waals surface area contributed by atoms with Crippen molar-refractivity contribution in [3.63, 3.8) is 0 Å². The Bertz CT molecular complexity index is 866. The number of anilines is 1. The van der Waals surface area contributed by atoms with Crippen LogP contribution in [-0.2, 0) is 9.53 Å². The number of nitrogens with zero attached hydrogens (tertiary/aromatic N) is 1. The first-order chi connectivity index (χ1) is 13.6. The molecule has 7 nitrogen and oxygen atoms in total. The lowest BCUT2D eigenvalue weighted by Gasteiger charge is -2.36. The second-order valence-electron chi connectivity index (χ2n) is 7.96. The number of alkyl carbamates (subject to hydrolysis) is 1. The van der Waals surface area contributed by atoms with Crippen molar-refractivity contribution in [2.45, 2.75) is 45.3 Å². The summed E-state index contributed by atoms with van der Waals surface area (Å²) >= 11 is 4.51. The first kappa shape index (κ1) is 21.7. The zero-order chi connectivity index (χ0) is 21.2. The Balaban J connectivity index is 1.79. The topological polar surface area (TPSA) is 87.7 Å². The van der Waals surface area contributed by atoms with Gasteiger partial charge in [0.05, 0.1) is 10.6 Å². The first-order valence-corrected chi connectivity index (χ1v) is 11.0. The van der Waals surface area contributed by atoms with E-state index in [0.29, 0.717) is 11.4 Å². The van der Waals surface area contributed by atoms with E-state index in [1.807, 2.05) is 39.0 Å². The number of amides is 3. The van der Waals surface area contributed by atoms with Crippen molar-refractivity contribution in [2.24, 2.45) is 0 Å². The second-order valence-corrected chi connectivity index (χ2v) is 9.83. The van der Waals surface area contributed by atoms with Gasteiger partial charge in [-0.2, -0.15) is 0 Å². The van der Waals surface area contributed by atoms with Crippen molar-refractivity contribution in [1.29, 1.82) is 0 Å². The SMILES string of the molecule is CC(C)(C)OC(=O)NC1CCCN(c2c(Br)cccc2/C=C2\SC(=O)NC2=O)C1.